The molecule has 0 spiro atoms. The number of aliphatic hydroxyl groups excluding tert-OH is 1. The van der Waals surface area contributed by atoms with Gasteiger partial charge in [-0.05, 0) is 48.6 Å². The van der Waals surface area contributed by atoms with Crippen molar-refractivity contribution in [3.8, 4) is 5.75 Å². The third kappa shape index (κ3) is 4.73. The van der Waals surface area contributed by atoms with Crippen molar-refractivity contribution in [1.82, 2.24) is 0 Å². The average molecular weight is 321 g/mol. The van der Waals surface area contributed by atoms with Crippen LogP contribution >= 0.6 is 0 Å². The molecular formula is C21H36O2. The highest BCUT2D eigenvalue weighted by molar-refractivity contribution is 5.44. The Morgan fingerprint density at radius 2 is 1.57 bits per heavy atom. The summed E-state index contributed by atoms with van der Waals surface area (Å²) in [5, 5.41) is 9.92. The van der Waals surface area contributed by atoms with Crippen molar-refractivity contribution in [3.05, 3.63) is 29.3 Å². The van der Waals surface area contributed by atoms with E-state index in [0.717, 1.165) is 25.0 Å². The number of benzene rings is 1. The van der Waals surface area contributed by atoms with Crippen molar-refractivity contribution in [2.45, 2.75) is 97.7 Å². The van der Waals surface area contributed by atoms with E-state index in [1.807, 2.05) is 0 Å². The summed E-state index contributed by atoms with van der Waals surface area (Å²) >= 11 is 0. The smallest absolute Gasteiger partial charge is 0.124 e. The van der Waals surface area contributed by atoms with E-state index >= 15 is 0 Å². The number of aliphatic hydroxyl groups is 1. The van der Waals surface area contributed by atoms with Crippen molar-refractivity contribution in [2.75, 3.05) is 0 Å². The molecule has 2 heteroatoms. The van der Waals surface area contributed by atoms with Gasteiger partial charge in [0.2, 0.25) is 0 Å². The molecule has 23 heavy (non-hydrogen) atoms. The van der Waals surface area contributed by atoms with Gasteiger partial charge in [0.25, 0.3) is 0 Å². The molecule has 2 unspecified atom stereocenters. The van der Waals surface area contributed by atoms with Crippen LogP contribution in [-0.2, 0) is 10.8 Å². The molecule has 1 aromatic rings. The fourth-order valence-electron chi connectivity index (χ4n) is 2.66. The van der Waals surface area contributed by atoms with Crippen molar-refractivity contribution < 1.29 is 9.84 Å². The average Bonchev–Trinajstić information content (AvgIpc) is 2.51. The third-order valence-electron chi connectivity index (χ3n) is 5.48. The van der Waals surface area contributed by atoms with Crippen LogP contribution in [0.1, 0.15) is 85.8 Å². The first-order chi connectivity index (χ1) is 10.6. The molecule has 0 bridgehead atoms. The molecule has 0 heterocycles. The summed E-state index contributed by atoms with van der Waals surface area (Å²) in [6.45, 7) is 17.4. The topological polar surface area (TPSA) is 29.5 Å². The Kier molecular flexibility index (Phi) is 6.70. The zero-order chi connectivity index (χ0) is 17.8. The standard InChI is InChI=1S/C21H36O2/c1-9-18(15(4)22)23-19-13-12-16(20(5,6)10-2)14-17(19)21(7,8)11-3/h12-15,18,22H,9-11H2,1-8H3. The van der Waals surface area contributed by atoms with Crippen molar-refractivity contribution in [3.63, 3.8) is 0 Å². The van der Waals surface area contributed by atoms with Gasteiger partial charge in [-0.3, -0.25) is 0 Å². The Morgan fingerprint density at radius 3 is 2.00 bits per heavy atom. The van der Waals surface area contributed by atoms with Gasteiger partial charge in [-0.2, -0.15) is 0 Å². The molecule has 0 fully saturated rings. The Labute approximate surface area is 143 Å². The summed E-state index contributed by atoms with van der Waals surface area (Å²) in [7, 11) is 0. The molecule has 0 aliphatic rings. The number of hydrogen-bond acceptors (Lipinski definition) is 2. The van der Waals surface area contributed by atoms with Gasteiger partial charge >= 0.3 is 0 Å². The minimum absolute atomic E-state index is 0.0478. The first-order valence-corrected chi connectivity index (χ1v) is 9.08. The van der Waals surface area contributed by atoms with E-state index < -0.39 is 6.10 Å². The second-order valence-corrected chi connectivity index (χ2v) is 7.99. The molecule has 1 aromatic carbocycles. The van der Waals surface area contributed by atoms with Gasteiger partial charge in [0.05, 0.1) is 6.10 Å². The van der Waals surface area contributed by atoms with Crippen LogP contribution in [0.4, 0.5) is 0 Å². The predicted molar refractivity (Wildman–Crippen MR) is 99.5 cm³/mol. The molecule has 1 rings (SSSR count). The van der Waals surface area contributed by atoms with Crippen molar-refractivity contribution >= 4 is 0 Å². The van der Waals surface area contributed by atoms with Gasteiger partial charge in [0.1, 0.15) is 11.9 Å². The minimum Gasteiger partial charge on any atom is -0.487 e. The SMILES string of the molecule is CCC(Oc1ccc(C(C)(C)CC)cc1C(C)(C)CC)C(C)O. The summed E-state index contributed by atoms with van der Waals surface area (Å²) in [6, 6.07) is 6.60. The second kappa shape index (κ2) is 7.70. The van der Waals surface area contributed by atoms with Crippen LogP contribution in [0, 0.1) is 0 Å². The molecule has 1 N–H and O–H groups in total. The van der Waals surface area contributed by atoms with E-state index in [-0.39, 0.29) is 16.9 Å². The summed E-state index contributed by atoms with van der Waals surface area (Å²) in [5.74, 6) is 0.917. The Morgan fingerprint density at radius 1 is 1.00 bits per heavy atom. The van der Waals surface area contributed by atoms with Gasteiger partial charge in [0, 0.05) is 5.56 Å². The molecule has 2 atom stereocenters. The highest BCUT2D eigenvalue weighted by Crippen LogP contribution is 2.39. The van der Waals surface area contributed by atoms with Gasteiger partial charge in [-0.25, -0.2) is 0 Å². The van der Waals surface area contributed by atoms with Gasteiger partial charge < -0.3 is 9.84 Å². The summed E-state index contributed by atoms with van der Waals surface area (Å²) < 4.78 is 6.20. The fraction of sp³-hybridized carbons (Fsp3) is 0.714. The van der Waals surface area contributed by atoms with E-state index in [1.165, 1.54) is 11.1 Å². The van der Waals surface area contributed by atoms with Gasteiger partial charge in [-0.1, -0.05) is 60.6 Å². The fourth-order valence-corrected chi connectivity index (χ4v) is 2.66. The third-order valence-corrected chi connectivity index (χ3v) is 5.48. The highest BCUT2D eigenvalue weighted by Gasteiger charge is 2.28. The summed E-state index contributed by atoms with van der Waals surface area (Å²) in [4.78, 5) is 0. The van der Waals surface area contributed by atoms with Crippen molar-refractivity contribution in [1.29, 1.82) is 0 Å². The van der Waals surface area contributed by atoms with Crippen LogP contribution in [0.2, 0.25) is 0 Å². The lowest BCUT2D eigenvalue weighted by molar-refractivity contribution is 0.0452. The maximum Gasteiger partial charge on any atom is 0.124 e. The zero-order valence-electron chi connectivity index (χ0n) is 16.4. The highest BCUT2D eigenvalue weighted by atomic mass is 16.5. The quantitative estimate of drug-likeness (QED) is 0.675. The molecule has 132 valence electrons. The van der Waals surface area contributed by atoms with Crippen LogP contribution in [0.25, 0.3) is 0 Å². The van der Waals surface area contributed by atoms with Gasteiger partial charge in [0.15, 0.2) is 0 Å². The molecular weight excluding hydrogens is 284 g/mol. The zero-order valence-corrected chi connectivity index (χ0v) is 16.4. The lowest BCUT2D eigenvalue weighted by Gasteiger charge is -2.32. The monoisotopic (exact) mass is 320 g/mol. The Balaban J connectivity index is 3.35. The maximum atomic E-state index is 9.92. The second-order valence-electron chi connectivity index (χ2n) is 7.99. The Hall–Kier alpha value is -1.02. The lowest BCUT2D eigenvalue weighted by Crippen LogP contribution is -2.30. The molecule has 0 radical (unpaired) electrons. The van der Waals surface area contributed by atoms with E-state index in [4.69, 9.17) is 4.74 Å². The molecule has 0 amide bonds. The van der Waals surface area contributed by atoms with E-state index in [9.17, 15) is 5.11 Å². The molecule has 0 aliphatic carbocycles. The van der Waals surface area contributed by atoms with Crippen LogP contribution in [-0.4, -0.2) is 17.3 Å². The molecule has 0 saturated carbocycles. The molecule has 2 nitrogen and oxygen atoms in total. The first kappa shape index (κ1) is 20.0. The van der Waals surface area contributed by atoms with Crippen LogP contribution in [0.15, 0.2) is 18.2 Å². The Bertz CT molecular complexity index is 501. The van der Waals surface area contributed by atoms with Crippen molar-refractivity contribution in [2.24, 2.45) is 0 Å². The summed E-state index contributed by atoms with van der Waals surface area (Å²) in [5.41, 5.74) is 2.81. The number of hydrogen-bond donors (Lipinski definition) is 1. The van der Waals surface area contributed by atoms with Crippen LogP contribution < -0.4 is 4.74 Å². The molecule has 0 saturated heterocycles. The lowest BCUT2D eigenvalue weighted by atomic mass is 9.76. The van der Waals surface area contributed by atoms with Gasteiger partial charge in [-0.15, -0.1) is 0 Å². The van der Waals surface area contributed by atoms with E-state index in [0.29, 0.717) is 0 Å². The number of rotatable bonds is 8. The minimum atomic E-state index is -0.468. The van der Waals surface area contributed by atoms with Crippen LogP contribution in [0.3, 0.4) is 0 Å². The summed E-state index contributed by atoms with van der Waals surface area (Å²) in [6.07, 6.45) is 2.32. The number of ether oxygens (including phenoxy) is 1. The maximum absolute atomic E-state index is 9.92. The molecule has 0 aromatic heterocycles. The normalized spacial score (nSPS) is 15.3. The van der Waals surface area contributed by atoms with Crippen LogP contribution in [0.5, 0.6) is 5.75 Å². The molecule has 0 aliphatic heterocycles. The predicted octanol–water partition coefficient (Wildman–Crippen LogP) is 5.60. The first-order valence-electron chi connectivity index (χ1n) is 9.08. The van der Waals surface area contributed by atoms with E-state index in [1.54, 1.807) is 6.92 Å². The van der Waals surface area contributed by atoms with E-state index in [2.05, 4.69) is 66.7 Å². The largest absolute Gasteiger partial charge is 0.487 e.